The molecule has 0 atom stereocenters. The number of rotatable bonds is 3. The van der Waals surface area contributed by atoms with Gasteiger partial charge in [-0.25, -0.2) is 4.79 Å². The Morgan fingerprint density at radius 2 is 1.78 bits per heavy atom. The molecule has 0 radical (unpaired) electrons. The Kier molecular flexibility index (Phi) is 3.18. The number of benzene rings is 1. The molecule has 0 aliphatic rings. The monoisotopic (exact) mass is 246 g/mol. The van der Waals surface area contributed by atoms with Crippen LogP contribution in [0.1, 0.15) is 5.56 Å². The van der Waals surface area contributed by atoms with Gasteiger partial charge in [-0.05, 0) is 12.0 Å². The van der Waals surface area contributed by atoms with Crippen LogP contribution < -0.4 is 22.7 Å². The summed E-state index contributed by atoms with van der Waals surface area (Å²) in [5, 5.41) is 0. The van der Waals surface area contributed by atoms with Crippen LogP contribution in [-0.2, 0) is 13.0 Å². The maximum Gasteiger partial charge on any atom is 0.330 e. The van der Waals surface area contributed by atoms with Crippen LogP contribution in [0.2, 0.25) is 0 Å². The molecule has 2 rings (SSSR count). The molecule has 1 aromatic heterocycles. The summed E-state index contributed by atoms with van der Waals surface area (Å²) in [6, 6.07) is 9.67. The number of nitrogens with zero attached hydrogens (tertiary/aromatic N) is 1. The molecule has 0 saturated heterocycles. The highest BCUT2D eigenvalue weighted by Crippen LogP contribution is 2.07. The topological polar surface area (TPSA) is 107 Å². The number of nitrogens with two attached hydrogens (primary N) is 2. The molecule has 5 N–H and O–H groups in total. The number of hydrogen-bond donors (Lipinski definition) is 3. The van der Waals surface area contributed by atoms with Gasteiger partial charge in [-0.1, -0.05) is 30.3 Å². The number of nitrogens with one attached hydrogen (secondary N) is 1. The highest BCUT2D eigenvalue weighted by atomic mass is 16.2. The average Bonchev–Trinajstić information content (AvgIpc) is 2.37. The average molecular weight is 246 g/mol. The fourth-order valence-corrected chi connectivity index (χ4v) is 1.71. The molecule has 18 heavy (non-hydrogen) atoms. The molecule has 0 spiro atoms. The van der Waals surface area contributed by atoms with Crippen LogP contribution in [0, 0.1) is 0 Å². The largest absolute Gasteiger partial charge is 0.391 e. The smallest absolute Gasteiger partial charge is 0.330 e. The molecule has 0 bridgehead atoms. The molecule has 94 valence electrons. The number of hydrogen-bond acceptors (Lipinski definition) is 4. The van der Waals surface area contributed by atoms with Gasteiger partial charge in [0.1, 0.15) is 11.5 Å². The van der Waals surface area contributed by atoms with Gasteiger partial charge in [-0.15, -0.1) is 0 Å². The molecule has 1 heterocycles. The summed E-state index contributed by atoms with van der Waals surface area (Å²) in [6.45, 7) is 0.371. The summed E-state index contributed by atoms with van der Waals surface area (Å²) >= 11 is 0. The fraction of sp³-hybridized carbons (Fsp3) is 0.167. The van der Waals surface area contributed by atoms with Crippen LogP contribution >= 0.6 is 0 Å². The zero-order valence-corrected chi connectivity index (χ0v) is 9.72. The third-order valence-corrected chi connectivity index (χ3v) is 2.74. The Balaban J connectivity index is 2.28. The zero-order chi connectivity index (χ0) is 13.1. The van der Waals surface area contributed by atoms with E-state index in [4.69, 9.17) is 11.5 Å². The molecule has 1 aromatic carbocycles. The molecule has 6 heteroatoms. The Labute approximate surface area is 103 Å². The van der Waals surface area contributed by atoms with E-state index in [0.717, 1.165) is 5.56 Å². The Bertz CT molecular complexity index is 658. The minimum absolute atomic E-state index is 0.0136. The van der Waals surface area contributed by atoms with Gasteiger partial charge in [0.05, 0.1) is 0 Å². The van der Waals surface area contributed by atoms with Crippen molar-refractivity contribution in [1.82, 2.24) is 9.55 Å². The van der Waals surface area contributed by atoms with E-state index in [1.54, 1.807) is 0 Å². The molecule has 0 fully saturated rings. The van der Waals surface area contributed by atoms with Crippen LogP contribution in [0.5, 0.6) is 0 Å². The lowest BCUT2D eigenvalue weighted by Crippen LogP contribution is -2.34. The maximum absolute atomic E-state index is 11.6. The molecule has 0 aliphatic heterocycles. The Morgan fingerprint density at radius 1 is 1.11 bits per heavy atom. The van der Waals surface area contributed by atoms with E-state index in [-0.39, 0.29) is 11.5 Å². The number of H-pyrrole nitrogens is 1. The van der Waals surface area contributed by atoms with Crippen molar-refractivity contribution in [2.75, 3.05) is 11.5 Å². The van der Waals surface area contributed by atoms with Gasteiger partial charge >= 0.3 is 5.69 Å². The first-order valence-corrected chi connectivity index (χ1v) is 5.51. The van der Waals surface area contributed by atoms with Gasteiger partial charge in [0.2, 0.25) is 0 Å². The molecule has 6 nitrogen and oxygen atoms in total. The van der Waals surface area contributed by atoms with E-state index in [9.17, 15) is 9.59 Å². The van der Waals surface area contributed by atoms with Gasteiger partial charge in [-0.3, -0.25) is 14.3 Å². The number of anilines is 2. The van der Waals surface area contributed by atoms with E-state index in [1.807, 2.05) is 30.3 Å². The van der Waals surface area contributed by atoms with Crippen LogP contribution in [0.3, 0.4) is 0 Å². The molecule has 0 aliphatic carbocycles. The van der Waals surface area contributed by atoms with Crippen molar-refractivity contribution < 1.29 is 0 Å². The highest BCUT2D eigenvalue weighted by molar-refractivity contribution is 5.56. The molecule has 0 amide bonds. The van der Waals surface area contributed by atoms with Crippen LogP contribution in [0.15, 0.2) is 39.9 Å². The lowest BCUT2D eigenvalue weighted by Gasteiger charge is -2.10. The van der Waals surface area contributed by atoms with Crippen molar-refractivity contribution in [3.63, 3.8) is 0 Å². The van der Waals surface area contributed by atoms with E-state index < -0.39 is 11.2 Å². The number of aromatic amines is 1. The fourth-order valence-electron chi connectivity index (χ4n) is 1.71. The summed E-state index contributed by atoms with van der Waals surface area (Å²) in [5.74, 6) is 0.0136. The summed E-state index contributed by atoms with van der Waals surface area (Å²) < 4.78 is 1.27. The van der Waals surface area contributed by atoms with E-state index in [2.05, 4.69) is 4.98 Å². The van der Waals surface area contributed by atoms with Crippen molar-refractivity contribution in [1.29, 1.82) is 0 Å². The first-order valence-electron chi connectivity index (χ1n) is 5.51. The number of aromatic nitrogens is 2. The normalized spacial score (nSPS) is 10.4. The van der Waals surface area contributed by atoms with Crippen LogP contribution in [-0.4, -0.2) is 9.55 Å². The molecule has 0 unspecified atom stereocenters. The predicted octanol–water partition coefficient (Wildman–Crippen LogP) is -0.0563. The SMILES string of the molecule is Nc1c(N)n(CCc2ccccc2)c(=O)[nH]c1=O. The van der Waals surface area contributed by atoms with Crippen molar-refractivity contribution in [2.45, 2.75) is 13.0 Å². The van der Waals surface area contributed by atoms with Gasteiger partial charge in [0.15, 0.2) is 0 Å². The lowest BCUT2D eigenvalue weighted by molar-refractivity contribution is 0.657. The molecule has 2 aromatic rings. The van der Waals surface area contributed by atoms with Crippen LogP contribution in [0.4, 0.5) is 11.5 Å². The number of nitrogen functional groups attached to an aromatic ring is 2. The first kappa shape index (κ1) is 12.0. The first-order chi connectivity index (χ1) is 8.59. The zero-order valence-electron chi connectivity index (χ0n) is 9.72. The summed E-state index contributed by atoms with van der Waals surface area (Å²) in [5.41, 5.74) is 10.9. The van der Waals surface area contributed by atoms with Crippen molar-refractivity contribution in [2.24, 2.45) is 0 Å². The standard InChI is InChI=1S/C12H14N4O2/c13-9-10(14)16(12(18)15-11(9)17)7-6-8-4-2-1-3-5-8/h1-5H,6-7,13-14H2,(H,15,17,18). The summed E-state index contributed by atoms with van der Waals surface area (Å²) in [6.07, 6.45) is 0.635. The third kappa shape index (κ3) is 2.27. The van der Waals surface area contributed by atoms with E-state index in [1.165, 1.54) is 4.57 Å². The predicted molar refractivity (Wildman–Crippen MR) is 70.3 cm³/mol. The van der Waals surface area contributed by atoms with Gasteiger partial charge in [0, 0.05) is 6.54 Å². The Hall–Kier alpha value is -2.50. The van der Waals surface area contributed by atoms with E-state index in [0.29, 0.717) is 13.0 Å². The van der Waals surface area contributed by atoms with Gasteiger partial charge in [0.25, 0.3) is 5.56 Å². The maximum atomic E-state index is 11.6. The minimum Gasteiger partial charge on any atom is -0.391 e. The van der Waals surface area contributed by atoms with Crippen LogP contribution in [0.25, 0.3) is 0 Å². The summed E-state index contributed by atoms with van der Waals surface area (Å²) in [4.78, 5) is 25.0. The molecular formula is C12H14N4O2. The lowest BCUT2D eigenvalue weighted by atomic mass is 10.1. The second-order valence-electron chi connectivity index (χ2n) is 3.95. The van der Waals surface area contributed by atoms with Gasteiger partial charge in [-0.2, -0.15) is 0 Å². The van der Waals surface area contributed by atoms with E-state index >= 15 is 0 Å². The molecule has 0 saturated carbocycles. The van der Waals surface area contributed by atoms with Crippen molar-refractivity contribution in [3.8, 4) is 0 Å². The second kappa shape index (κ2) is 4.79. The molecular weight excluding hydrogens is 232 g/mol. The third-order valence-electron chi connectivity index (χ3n) is 2.74. The highest BCUT2D eigenvalue weighted by Gasteiger charge is 2.08. The minimum atomic E-state index is -0.645. The van der Waals surface area contributed by atoms with Gasteiger partial charge < -0.3 is 11.5 Å². The van der Waals surface area contributed by atoms with Crippen molar-refractivity contribution in [3.05, 3.63) is 56.7 Å². The Morgan fingerprint density at radius 3 is 2.44 bits per heavy atom. The summed E-state index contributed by atoms with van der Waals surface area (Å²) in [7, 11) is 0. The number of aryl methyl sites for hydroxylation is 1. The van der Waals surface area contributed by atoms with Crippen molar-refractivity contribution >= 4 is 11.5 Å². The quantitative estimate of drug-likeness (QED) is 0.705. The second-order valence-corrected chi connectivity index (χ2v) is 3.95.